The first kappa shape index (κ1) is 21.5. The van der Waals surface area contributed by atoms with Gasteiger partial charge in [-0.1, -0.05) is 25.0 Å². The van der Waals surface area contributed by atoms with Gasteiger partial charge in [0.25, 0.3) is 0 Å². The van der Waals surface area contributed by atoms with Crippen LogP contribution >= 0.6 is 0 Å². The predicted octanol–water partition coefficient (Wildman–Crippen LogP) is 3.20. The summed E-state index contributed by atoms with van der Waals surface area (Å²) in [5.41, 5.74) is 0.194. The molecule has 0 bridgehead atoms. The van der Waals surface area contributed by atoms with E-state index in [1.807, 2.05) is 4.90 Å². The number of rotatable bonds is 5. The normalized spacial score (nSPS) is 20.9. The molecule has 29 heavy (non-hydrogen) atoms. The molecular weight excluding hydrogens is 381 g/mol. The summed E-state index contributed by atoms with van der Waals surface area (Å²) in [7, 11) is 1.68. The summed E-state index contributed by atoms with van der Waals surface area (Å²) in [5, 5.41) is 6.55. The molecule has 1 heterocycles. The van der Waals surface area contributed by atoms with Crippen LogP contribution in [0.1, 0.15) is 43.2 Å². The number of halogens is 3. The number of amides is 1. The van der Waals surface area contributed by atoms with Crippen molar-refractivity contribution in [2.24, 2.45) is 10.9 Å². The molecule has 1 aliphatic heterocycles. The quantitative estimate of drug-likeness (QED) is 0.579. The minimum atomic E-state index is -4.31. The first-order chi connectivity index (χ1) is 13.9. The fourth-order valence-corrected chi connectivity index (χ4v) is 4.08. The van der Waals surface area contributed by atoms with Crippen LogP contribution in [0.4, 0.5) is 13.2 Å². The first-order valence-corrected chi connectivity index (χ1v) is 10.3. The Balaban J connectivity index is 1.41. The van der Waals surface area contributed by atoms with Gasteiger partial charge in [-0.15, -0.1) is 0 Å². The molecule has 5 nitrogen and oxygen atoms in total. The summed E-state index contributed by atoms with van der Waals surface area (Å²) < 4.78 is 37.9. The zero-order chi connectivity index (χ0) is 20.9. The molecule has 2 fully saturated rings. The molecule has 0 radical (unpaired) electrons. The van der Waals surface area contributed by atoms with Crippen molar-refractivity contribution in [2.75, 3.05) is 26.7 Å². The van der Waals surface area contributed by atoms with Crippen molar-refractivity contribution in [2.45, 2.75) is 50.7 Å². The van der Waals surface area contributed by atoms with Crippen molar-refractivity contribution in [1.29, 1.82) is 0 Å². The number of carbonyl (C=O) groups excluding carboxylic acids is 1. The van der Waals surface area contributed by atoms with Gasteiger partial charge in [0.15, 0.2) is 5.96 Å². The number of hydrogen-bond acceptors (Lipinski definition) is 2. The van der Waals surface area contributed by atoms with Gasteiger partial charge in [-0.2, -0.15) is 13.2 Å². The second-order valence-corrected chi connectivity index (χ2v) is 7.84. The van der Waals surface area contributed by atoms with Crippen molar-refractivity contribution >= 4 is 11.9 Å². The van der Waals surface area contributed by atoms with Crippen LogP contribution in [0.3, 0.4) is 0 Å². The van der Waals surface area contributed by atoms with Gasteiger partial charge in [-0.25, -0.2) is 0 Å². The molecule has 1 aromatic rings. The molecule has 1 saturated carbocycles. The van der Waals surface area contributed by atoms with Gasteiger partial charge in [-0.3, -0.25) is 9.79 Å². The average molecular weight is 410 g/mol. The minimum absolute atomic E-state index is 0.164. The Bertz CT molecular complexity index is 712. The van der Waals surface area contributed by atoms with Gasteiger partial charge in [-0.05, 0) is 43.4 Å². The zero-order valence-electron chi connectivity index (χ0n) is 16.8. The van der Waals surface area contributed by atoms with Crippen LogP contribution in [0, 0.1) is 5.92 Å². The molecule has 2 aliphatic rings. The maximum atomic E-state index is 12.6. The molecule has 160 valence electrons. The molecule has 1 saturated heterocycles. The van der Waals surface area contributed by atoms with Crippen molar-refractivity contribution in [1.82, 2.24) is 15.5 Å². The average Bonchev–Trinajstić information content (AvgIpc) is 3.38. The van der Waals surface area contributed by atoms with E-state index >= 15 is 0 Å². The van der Waals surface area contributed by atoms with Gasteiger partial charge >= 0.3 is 6.18 Å². The van der Waals surface area contributed by atoms with Gasteiger partial charge in [0, 0.05) is 38.6 Å². The lowest BCUT2D eigenvalue weighted by Gasteiger charge is -2.21. The zero-order valence-corrected chi connectivity index (χ0v) is 16.8. The van der Waals surface area contributed by atoms with E-state index in [0.717, 1.165) is 56.3 Å². The Kier molecular flexibility index (Phi) is 7.03. The van der Waals surface area contributed by atoms with Crippen LogP contribution in [0.25, 0.3) is 0 Å². The third-order valence-electron chi connectivity index (χ3n) is 5.76. The van der Waals surface area contributed by atoms with E-state index in [0.29, 0.717) is 25.5 Å². The van der Waals surface area contributed by atoms with E-state index in [4.69, 9.17) is 0 Å². The fraction of sp³-hybridized carbons (Fsp3) is 0.619. The summed E-state index contributed by atoms with van der Waals surface area (Å²) in [6.07, 6.45) is 1.51. The predicted molar refractivity (Wildman–Crippen MR) is 107 cm³/mol. The van der Waals surface area contributed by atoms with E-state index in [9.17, 15) is 18.0 Å². The molecule has 3 rings (SSSR count). The topological polar surface area (TPSA) is 56.7 Å². The highest BCUT2D eigenvalue weighted by Crippen LogP contribution is 2.29. The van der Waals surface area contributed by atoms with Crippen LogP contribution in [0.15, 0.2) is 29.3 Å². The Morgan fingerprint density at radius 1 is 1.17 bits per heavy atom. The van der Waals surface area contributed by atoms with E-state index < -0.39 is 11.7 Å². The molecule has 1 aromatic carbocycles. The maximum absolute atomic E-state index is 12.6. The lowest BCUT2D eigenvalue weighted by molar-refractivity contribution is -0.137. The van der Waals surface area contributed by atoms with Crippen LogP contribution in [0.2, 0.25) is 0 Å². The fourth-order valence-electron chi connectivity index (χ4n) is 4.08. The Morgan fingerprint density at radius 2 is 1.86 bits per heavy atom. The largest absolute Gasteiger partial charge is 0.416 e. The monoisotopic (exact) mass is 410 g/mol. The van der Waals surface area contributed by atoms with Gasteiger partial charge in [0.1, 0.15) is 0 Å². The van der Waals surface area contributed by atoms with Crippen molar-refractivity contribution in [3.05, 3.63) is 35.4 Å². The van der Waals surface area contributed by atoms with Crippen LogP contribution < -0.4 is 10.6 Å². The Hall–Kier alpha value is -2.25. The van der Waals surface area contributed by atoms with Gasteiger partial charge in [0.05, 0.1) is 5.56 Å². The number of nitrogens with zero attached hydrogens (tertiary/aromatic N) is 2. The summed E-state index contributed by atoms with van der Waals surface area (Å²) in [6, 6.07) is 5.39. The Labute approximate surface area is 169 Å². The van der Waals surface area contributed by atoms with E-state index in [2.05, 4.69) is 15.6 Å². The third kappa shape index (κ3) is 5.87. The van der Waals surface area contributed by atoms with Crippen LogP contribution in [-0.2, 0) is 17.4 Å². The molecule has 2 N–H and O–H groups in total. The molecule has 0 spiro atoms. The summed E-state index contributed by atoms with van der Waals surface area (Å²) in [4.78, 5) is 18.7. The Morgan fingerprint density at radius 3 is 2.48 bits per heavy atom. The number of likely N-dealkylation sites (tertiary alicyclic amines) is 1. The second kappa shape index (κ2) is 9.50. The van der Waals surface area contributed by atoms with Crippen LogP contribution in [0.5, 0.6) is 0 Å². The van der Waals surface area contributed by atoms with Crippen molar-refractivity contribution < 1.29 is 18.0 Å². The smallest absolute Gasteiger partial charge is 0.356 e. The minimum Gasteiger partial charge on any atom is -0.356 e. The highest BCUT2D eigenvalue weighted by Gasteiger charge is 2.32. The van der Waals surface area contributed by atoms with Gasteiger partial charge < -0.3 is 15.5 Å². The SMILES string of the molecule is CN=C(NCCc1ccc(C(F)(F)F)cc1)NC1CCN(C(=O)C2CCCC2)C1. The van der Waals surface area contributed by atoms with Crippen molar-refractivity contribution in [3.8, 4) is 0 Å². The standard InChI is InChI=1S/C21H29F3N4O/c1-25-20(26-12-10-15-6-8-17(9-7-15)21(22,23)24)27-18-11-13-28(14-18)19(29)16-4-2-3-5-16/h6-9,16,18H,2-5,10-14H2,1H3,(H2,25,26,27). The molecule has 1 atom stereocenters. The second-order valence-electron chi connectivity index (χ2n) is 7.84. The number of guanidine groups is 1. The summed E-state index contributed by atoms with van der Waals surface area (Å²) >= 11 is 0. The number of benzene rings is 1. The first-order valence-electron chi connectivity index (χ1n) is 10.3. The van der Waals surface area contributed by atoms with E-state index in [-0.39, 0.29) is 17.9 Å². The van der Waals surface area contributed by atoms with E-state index in [1.54, 1.807) is 7.05 Å². The number of carbonyl (C=O) groups is 1. The molecule has 0 aromatic heterocycles. The maximum Gasteiger partial charge on any atom is 0.416 e. The van der Waals surface area contributed by atoms with Crippen LogP contribution in [-0.4, -0.2) is 49.5 Å². The van der Waals surface area contributed by atoms with Crippen molar-refractivity contribution in [3.63, 3.8) is 0 Å². The summed E-state index contributed by atoms with van der Waals surface area (Å²) in [6.45, 7) is 2.02. The highest BCUT2D eigenvalue weighted by atomic mass is 19.4. The number of hydrogen-bond donors (Lipinski definition) is 2. The summed E-state index contributed by atoms with van der Waals surface area (Å²) in [5.74, 6) is 1.14. The molecule has 8 heteroatoms. The lowest BCUT2D eigenvalue weighted by atomic mass is 10.1. The highest BCUT2D eigenvalue weighted by molar-refractivity contribution is 5.81. The molecular formula is C21H29F3N4O. The van der Waals surface area contributed by atoms with Gasteiger partial charge in [0.2, 0.25) is 5.91 Å². The number of aliphatic imine (C=N–C) groups is 1. The third-order valence-corrected chi connectivity index (χ3v) is 5.76. The number of nitrogens with one attached hydrogen (secondary N) is 2. The molecule has 1 amide bonds. The number of alkyl halides is 3. The molecule has 1 aliphatic carbocycles. The van der Waals surface area contributed by atoms with E-state index in [1.165, 1.54) is 12.1 Å². The molecule has 1 unspecified atom stereocenters. The lowest BCUT2D eigenvalue weighted by Crippen LogP contribution is -2.45.